The highest BCUT2D eigenvalue weighted by Gasteiger charge is 2.06. The minimum Gasteiger partial charge on any atom is -0.491 e. The number of terminal acetylenes is 1. The molecule has 80 valence electrons. The van der Waals surface area contributed by atoms with Gasteiger partial charge >= 0.3 is 0 Å². The van der Waals surface area contributed by atoms with Crippen molar-refractivity contribution in [1.82, 2.24) is 5.32 Å². The van der Waals surface area contributed by atoms with Gasteiger partial charge in [-0.2, -0.15) is 0 Å². The molecule has 2 nitrogen and oxygen atoms in total. The molecule has 1 N–H and O–H groups in total. The van der Waals surface area contributed by atoms with Crippen LogP contribution in [0.25, 0.3) is 0 Å². The van der Waals surface area contributed by atoms with Crippen molar-refractivity contribution in [2.75, 3.05) is 13.7 Å². The first-order chi connectivity index (χ1) is 7.29. The van der Waals surface area contributed by atoms with Crippen LogP contribution in [0.4, 0.5) is 0 Å². The lowest BCUT2D eigenvalue weighted by Gasteiger charge is -2.12. The van der Waals surface area contributed by atoms with Gasteiger partial charge in [-0.1, -0.05) is 12.1 Å². The molecule has 1 aromatic carbocycles. The number of ether oxygens (including phenoxy) is 1. The van der Waals surface area contributed by atoms with Gasteiger partial charge in [0.05, 0.1) is 11.1 Å². The standard InChI is InChI=1S/C12H14BrNO/c1-3-4-8-15-12-10(9-14-2)6-5-7-11(12)13/h1,5-7,14H,4,8-9H2,2H3. The average Bonchev–Trinajstić information content (AvgIpc) is 2.23. The first-order valence-corrected chi connectivity index (χ1v) is 5.57. The van der Waals surface area contributed by atoms with Crippen molar-refractivity contribution in [3.05, 3.63) is 28.2 Å². The maximum Gasteiger partial charge on any atom is 0.137 e. The average molecular weight is 268 g/mol. The van der Waals surface area contributed by atoms with Gasteiger partial charge < -0.3 is 10.1 Å². The quantitative estimate of drug-likeness (QED) is 0.654. The first-order valence-electron chi connectivity index (χ1n) is 4.78. The zero-order valence-corrected chi connectivity index (χ0v) is 10.3. The highest BCUT2D eigenvalue weighted by Crippen LogP contribution is 2.29. The summed E-state index contributed by atoms with van der Waals surface area (Å²) in [7, 11) is 1.91. The van der Waals surface area contributed by atoms with Crippen LogP contribution in [0.5, 0.6) is 5.75 Å². The molecule has 0 amide bonds. The number of rotatable bonds is 5. The van der Waals surface area contributed by atoms with Crippen LogP contribution in [-0.4, -0.2) is 13.7 Å². The summed E-state index contributed by atoms with van der Waals surface area (Å²) in [6.45, 7) is 1.33. The highest BCUT2D eigenvalue weighted by molar-refractivity contribution is 9.10. The maximum absolute atomic E-state index is 5.63. The summed E-state index contributed by atoms with van der Waals surface area (Å²) in [4.78, 5) is 0. The van der Waals surface area contributed by atoms with Crippen molar-refractivity contribution in [2.45, 2.75) is 13.0 Å². The fourth-order valence-electron chi connectivity index (χ4n) is 1.26. The molecule has 1 aromatic rings. The van der Waals surface area contributed by atoms with Gasteiger partial charge in [-0.25, -0.2) is 0 Å². The Bertz CT molecular complexity index is 357. The highest BCUT2D eigenvalue weighted by atomic mass is 79.9. The summed E-state index contributed by atoms with van der Waals surface area (Å²) in [6.07, 6.45) is 5.80. The summed E-state index contributed by atoms with van der Waals surface area (Å²) in [5.41, 5.74) is 1.13. The third kappa shape index (κ3) is 3.58. The van der Waals surface area contributed by atoms with E-state index in [2.05, 4.69) is 27.2 Å². The summed E-state index contributed by atoms with van der Waals surface area (Å²) in [5.74, 6) is 3.43. The van der Waals surface area contributed by atoms with Crippen molar-refractivity contribution in [3.63, 3.8) is 0 Å². The molecule has 0 spiro atoms. The molecule has 0 aromatic heterocycles. The van der Waals surface area contributed by atoms with Crippen molar-refractivity contribution in [3.8, 4) is 18.1 Å². The maximum atomic E-state index is 5.63. The van der Waals surface area contributed by atoms with E-state index in [1.807, 2.05) is 25.2 Å². The second-order valence-corrected chi connectivity index (χ2v) is 3.92. The third-order valence-electron chi connectivity index (χ3n) is 1.91. The second-order valence-electron chi connectivity index (χ2n) is 3.06. The minimum atomic E-state index is 0.551. The van der Waals surface area contributed by atoms with Gasteiger partial charge in [0.2, 0.25) is 0 Å². The Hall–Kier alpha value is -0.980. The number of hydrogen-bond donors (Lipinski definition) is 1. The lowest BCUT2D eigenvalue weighted by molar-refractivity contribution is 0.321. The predicted molar refractivity (Wildman–Crippen MR) is 65.9 cm³/mol. The summed E-state index contributed by atoms with van der Waals surface area (Å²) in [6, 6.07) is 5.99. The lowest BCUT2D eigenvalue weighted by atomic mass is 10.2. The molecule has 0 saturated heterocycles. The summed E-state index contributed by atoms with van der Waals surface area (Å²) < 4.78 is 6.60. The van der Waals surface area contributed by atoms with Crippen LogP contribution >= 0.6 is 15.9 Å². The van der Waals surface area contributed by atoms with E-state index in [0.717, 1.165) is 22.3 Å². The van der Waals surface area contributed by atoms with Gasteiger partial charge in [0, 0.05) is 18.5 Å². The number of hydrogen-bond acceptors (Lipinski definition) is 2. The molecule has 15 heavy (non-hydrogen) atoms. The van der Waals surface area contributed by atoms with Crippen molar-refractivity contribution in [1.29, 1.82) is 0 Å². The smallest absolute Gasteiger partial charge is 0.137 e. The number of para-hydroxylation sites is 1. The van der Waals surface area contributed by atoms with Gasteiger partial charge in [0.25, 0.3) is 0 Å². The van der Waals surface area contributed by atoms with Crippen LogP contribution in [0.1, 0.15) is 12.0 Å². The molecule has 0 fully saturated rings. The Morgan fingerprint density at radius 1 is 1.53 bits per heavy atom. The molecule has 0 atom stereocenters. The third-order valence-corrected chi connectivity index (χ3v) is 2.53. The molecular weight excluding hydrogens is 254 g/mol. The number of halogens is 1. The molecule has 0 unspecified atom stereocenters. The van der Waals surface area contributed by atoms with Gasteiger partial charge in [-0.15, -0.1) is 12.3 Å². The van der Waals surface area contributed by atoms with Gasteiger partial charge in [0.1, 0.15) is 5.75 Å². The Morgan fingerprint density at radius 3 is 3.00 bits per heavy atom. The molecular formula is C12H14BrNO. The van der Waals surface area contributed by atoms with E-state index >= 15 is 0 Å². The van der Waals surface area contributed by atoms with Crippen LogP contribution in [0, 0.1) is 12.3 Å². The Morgan fingerprint density at radius 2 is 2.33 bits per heavy atom. The summed E-state index contributed by atoms with van der Waals surface area (Å²) in [5, 5.41) is 3.10. The lowest BCUT2D eigenvalue weighted by Crippen LogP contribution is -2.08. The molecule has 0 aliphatic heterocycles. The zero-order chi connectivity index (χ0) is 11.1. The molecule has 0 radical (unpaired) electrons. The molecule has 0 aliphatic carbocycles. The van der Waals surface area contributed by atoms with Crippen molar-refractivity contribution < 1.29 is 4.74 Å². The van der Waals surface area contributed by atoms with Crippen molar-refractivity contribution in [2.24, 2.45) is 0 Å². The van der Waals surface area contributed by atoms with Crippen LogP contribution in [0.15, 0.2) is 22.7 Å². The monoisotopic (exact) mass is 267 g/mol. The molecule has 0 bridgehead atoms. The minimum absolute atomic E-state index is 0.551. The molecule has 0 heterocycles. The van der Waals surface area contributed by atoms with E-state index < -0.39 is 0 Å². The number of nitrogens with one attached hydrogen (secondary N) is 1. The van der Waals surface area contributed by atoms with E-state index in [-0.39, 0.29) is 0 Å². The molecule has 0 saturated carbocycles. The van der Waals surface area contributed by atoms with E-state index in [9.17, 15) is 0 Å². The van der Waals surface area contributed by atoms with Crippen LogP contribution < -0.4 is 10.1 Å². The normalized spacial score (nSPS) is 9.67. The van der Waals surface area contributed by atoms with E-state index in [4.69, 9.17) is 11.2 Å². The SMILES string of the molecule is C#CCCOc1c(Br)cccc1CNC. The van der Waals surface area contributed by atoms with Crippen LogP contribution in [0.2, 0.25) is 0 Å². The van der Waals surface area contributed by atoms with E-state index in [1.54, 1.807) is 0 Å². The number of benzene rings is 1. The van der Waals surface area contributed by atoms with E-state index in [0.29, 0.717) is 13.0 Å². The molecule has 1 rings (SSSR count). The fourth-order valence-corrected chi connectivity index (χ4v) is 1.78. The van der Waals surface area contributed by atoms with Gasteiger partial charge in [0.15, 0.2) is 0 Å². The Kier molecular flexibility index (Phi) is 5.23. The van der Waals surface area contributed by atoms with Crippen LogP contribution in [0.3, 0.4) is 0 Å². The molecule has 0 aliphatic rings. The van der Waals surface area contributed by atoms with Crippen molar-refractivity contribution >= 4 is 15.9 Å². The second kappa shape index (κ2) is 6.49. The summed E-state index contributed by atoms with van der Waals surface area (Å²) >= 11 is 3.46. The molecule has 3 heteroatoms. The largest absolute Gasteiger partial charge is 0.491 e. The first kappa shape index (κ1) is 12.1. The Labute approximate surface area is 99.2 Å². The Balaban J connectivity index is 2.78. The topological polar surface area (TPSA) is 21.3 Å². The van der Waals surface area contributed by atoms with Crippen LogP contribution in [-0.2, 0) is 6.54 Å². The zero-order valence-electron chi connectivity index (χ0n) is 8.72. The fraction of sp³-hybridized carbons (Fsp3) is 0.333. The predicted octanol–water partition coefficient (Wildman–Crippen LogP) is 2.57. The van der Waals surface area contributed by atoms with E-state index in [1.165, 1.54) is 0 Å². The van der Waals surface area contributed by atoms with Gasteiger partial charge in [-0.3, -0.25) is 0 Å². The van der Waals surface area contributed by atoms with Gasteiger partial charge in [-0.05, 0) is 29.0 Å².